The second-order valence-electron chi connectivity index (χ2n) is 5.21. The predicted octanol–water partition coefficient (Wildman–Crippen LogP) is 3.61. The third-order valence-corrected chi connectivity index (χ3v) is 3.76. The van der Waals surface area contributed by atoms with E-state index in [0.29, 0.717) is 41.5 Å². The van der Waals surface area contributed by atoms with Crippen molar-refractivity contribution in [3.8, 4) is 0 Å². The first kappa shape index (κ1) is 15.1. The number of carbonyl (C=O) groups is 2. The maximum absolute atomic E-state index is 12.5. The molecule has 0 amide bonds. The largest absolute Gasteiger partial charge is 0.291 e. The van der Waals surface area contributed by atoms with Gasteiger partial charge in [0.2, 0.25) is 0 Å². The van der Waals surface area contributed by atoms with Crippen LogP contribution in [0.25, 0.3) is 0 Å². The predicted molar refractivity (Wildman–Crippen MR) is 81.1 cm³/mol. The SMILES string of the molecule is CC(=CCC1=C(C)C(=O)c2ccccc2C1=O)CC[C]=O. The Labute approximate surface area is 124 Å². The summed E-state index contributed by atoms with van der Waals surface area (Å²) in [7, 11) is 0. The van der Waals surface area contributed by atoms with Gasteiger partial charge in [-0.15, -0.1) is 0 Å². The van der Waals surface area contributed by atoms with Crippen LogP contribution >= 0.6 is 0 Å². The Bertz CT molecular complexity index is 663. The summed E-state index contributed by atoms with van der Waals surface area (Å²) in [5.41, 5.74) is 3.06. The molecule has 0 fully saturated rings. The second-order valence-corrected chi connectivity index (χ2v) is 5.21. The number of ketones is 2. The molecule has 0 spiro atoms. The summed E-state index contributed by atoms with van der Waals surface area (Å²) in [4.78, 5) is 35.0. The average molecular weight is 281 g/mol. The minimum Gasteiger partial charge on any atom is -0.291 e. The van der Waals surface area contributed by atoms with E-state index in [1.54, 1.807) is 31.2 Å². The molecule has 0 aromatic heterocycles. The first-order valence-electron chi connectivity index (χ1n) is 6.95. The van der Waals surface area contributed by atoms with Crippen LogP contribution in [-0.4, -0.2) is 17.9 Å². The summed E-state index contributed by atoms with van der Waals surface area (Å²) in [6.07, 6.45) is 5.18. The van der Waals surface area contributed by atoms with Crippen LogP contribution in [0, 0.1) is 0 Å². The van der Waals surface area contributed by atoms with Gasteiger partial charge in [-0.2, -0.15) is 0 Å². The van der Waals surface area contributed by atoms with Gasteiger partial charge in [-0.3, -0.25) is 14.4 Å². The van der Waals surface area contributed by atoms with Gasteiger partial charge in [0.1, 0.15) is 0 Å². The molecule has 0 N–H and O–H groups in total. The summed E-state index contributed by atoms with van der Waals surface area (Å²) >= 11 is 0. The molecule has 0 saturated carbocycles. The van der Waals surface area contributed by atoms with Crippen LogP contribution in [0.1, 0.15) is 53.8 Å². The fraction of sp³-hybridized carbons (Fsp3) is 0.278. The Hall–Kier alpha value is -2.29. The Morgan fingerprint density at radius 3 is 2.38 bits per heavy atom. The number of hydrogen-bond acceptors (Lipinski definition) is 3. The van der Waals surface area contributed by atoms with Crippen molar-refractivity contribution in [1.29, 1.82) is 0 Å². The molecule has 0 aliphatic heterocycles. The minimum absolute atomic E-state index is 0.0753. The Balaban J connectivity index is 2.28. The lowest BCUT2D eigenvalue weighted by Gasteiger charge is -2.18. The first-order chi connectivity index (χ1) is 10.1. The van der Waals surface area contributed by atoms with Crippen molar-refractivity contribution >= 4 is 17.9 Å². The second kappa shape index (κ2) is 6.44. The number of hydrogen-bond donors (Lipinski definition) is 0. The summed E-state index contributed by atoms with van der Waals surface area (Å²) in [5, 5.41) is 0. The molecule has 0 atom stereocenters. The van der Waals surface area contributed by atoms with E-state index in [4.69, 9.17) is 0 Å². The van der Waals surface area contributed by atoms with Gasteiger partial charge >= 0.3 is 0 Å². The summed E-state index contributed by atoms with van der Waals surface area (Å²) in [5.74, 6) is -0.152. The number of allylic oxidation sites excluding steroid dienone is 4. The molecule has 1 aromatic rings. The van der Waals surface area contributed by atoms with Crippen LogP contribution in [0.2, 0.25) is 0 Å². The van der Waals surface area contributed by atoms with Crippen LogP contribution in [0.3, 0.4) is 0 Å². The third-order valence-electron chi connectivity index (χ3n) is 3.76. The van der Waals surface area contributed by atoms with Gasteiger partial charge in [-0.1, -0.05) is 35.9 Å². The zero-order chi connectivity index (χ0) is 15.4. The molecule has 107 valence electrons. The van der Waals surface area contributed by atoms with Crippen molar-refractivity contribution in [2.24, 2.45) is 0 Å². The van der Waals surface area contributed by atoms with Gasteiger partial charge in [-0.25, -0.2) is 0 Å². The molecule has 3 nitrogen and oxygen atoms in total. The summed E-state index contributed by atoms with van der Waals surface area (Å²) in [6, 6.07) is 6.92. The molecule has 0 bridgehead atoms. The van der Waals surface area contributed by atoms with E-state index in [1.807, 2.05) is 19.3 Å². The van der Waals surface area contributed by atoms with E-state index >= 15 is 0 Å². The minimum atomic E-state index is -0.0764. The van der Waals surface area contributed by atoms with Gasteiger partial charge < -0.3 is 0 Å². The van der Waals surface area contributed by atoms with Crippen molar-refractivity contribution in [3.63, 3.8) is 0 Å². The lowest BCUT2D eigenvalue weighted by atomic mass is 9.83. The Morgan fingerprint density at radius 2 is 1.76 bits per heavy atom. The highest BCUT2D eigenvalue weighted by Crippen LogP contribution is 2.28. The highest BCUT2D eigenvalue weighted by Gasteiger charge is 2.28. The van der Waals surface area contributed by atoms with Crippen molar-refractivity contribution in [2.45, 2.75) is 33.1 Å². The smallest absolute Gasteiger partial charge is 0.198 e. The number of benzene rings is 1. The Kier molecular flexibility index (Phi) is 4.63. The van der Waals surface area contributed by atoms with Crippen molar-refractivity contribution in [2.75, 3.05) is 0 Å². The van der Waals surface area contributed by atoms with Crippen molar-refractivity contribution in [1.82, 2.24) is 0 Å². The lowest BCUT2D eigenvalue weighted by Crippen LogP contribution is -2.20. The normalized spacial score (nSPS) is 15.2. The maximum atomic E-state index is 12.5. The number of rotatable bonds is 5. The quantitative estimate of drug-likeness (QED) is 0.775. The van der Waals surface area contributed by atoms with Crippen molar-refractivity contribution in [3.05, 3.63) is 58.2 Å². The molecule has 2 rings (SSSR count). The van der Waals surface area contributed by atoms with Crippen LogP contribution in [0.4, 0.5) is 0 Å². The lowest BCUT2D eigenvalue weighted by molar-refractivity contribution is 0.0973. The average Bonchev–Trinajstić information content (AvgIpc) is 2.50. The van der Waals surface area contributed by atoms with E-state index in [9.17, 15) is 14.4 Å². The highest BCUT2D eigenvalue weighted by atomic mass is 16.1. The highest BCUT2D eigenvalue weighted by molar-refractivity contribution is 6.26. The van der Waals surface area contributed by atoms with Gasteiger partial charge in [0.05, 0.1) is 0 Å². The van der Waals surface area contributed by atoms with Gasteiger partial charge in [-0.05, 0) is 26.7 Å². The summed E-state index contributed by atoms with van der Waals surface area (Å²) < 4.78 is 0. The molecule has 0 heterocycles. The zero-order valence-electron chi connectivity index (χ0n) is 12.2. The number of carbonyl (C=O) groups excluding carboxylic acids is 3. The molecule has 1 aliphatic carbocycles. The molecule has 1 aliphatic rings. The van der Waals surface area contributed by atoms with Gasteiger partial charge in [0.25, 0.3) is 0 Å². The van der Waals surface area contributed by atoms with Crippen LogP contribution < -0.4 is 0 Å². The maximum Gasteiger partial charge on any atom is 0.198 e. The third kappa shape index (κ3) is 3.07. The molecule has 0 unspecified atom stereocenters. The van der Waals surface area contributed by atoms with E-state index in [0.717, 1.165) is 5.57 Å². The van der Waals surface area contributed by atoms with E-state index in [1.165, 1.54) is 0 Å². The molecule has 1 radical (unpaired) electrons. The van der Waals surface area contributed by atoms with E-state index in [-0.39, 0.29) is 11.6 Å². The Morgan fingerprint density at radius 1 is 1.14 bits per heavy atom. The molecule has 21 heavy (non-hydrogen) atoms. The molecule has 3 heteroatoms. The number of fused-ring (bicyclic) bond motifs is 1. The standard InChI is InChI=1S/C18H17O3/c1-12(6-5-11-19)9-10-14-13(2)17(20)15-7-3-4-8-16(15)18(14)21/h3-4,7-9H,5-6,10H2,1-2H3. The van der Waals surface area contributed by atoms with E-state index < -0.39 is 0 Å². The fourth-order valence-electron chi connectivity index (χ4n) is 2.42. The molecule has 0 saturated heterocycles. The summed E-state index contributed by atoms with van der Waals surface area (Å²) in [6.45, 7) is 3.62. The van der Waals surface area contributed by atoms with Crippen LogP contribution in [0.5, 0.6) is 0 Å². The zero-order valence-corrected chi connectivity index (χ0v) is 12.2. The first-order valence-corrected chi connectivity index (χ1v) is 6.95. The van der Waals surface area contributed by atoms with Crippen molar-refractivity contribution < 1.29 is 14.4 Å². The number of Topliss-reactive ketones (excluding diaryl/α,β-unsaturated/α-hetero) is 2. The fourth-order valence-corrected chi connectivity index (χ4v) is 2.42. The van der Waals surface area contributed by atoms with Crippen LogP contribution in [0.15, 0.2) is 47.1 Å². The van der Waals surface area contributed by atoms with Crippen LogP contribution in [-0.2, 0) is 4.79 Å². The topological polar surface area (TPSA) is 51.2 Å². The molecular formula is C18H17O3. The van der Waals surface area contributed by atoms with E-state index in [2.05, 4.69) is 0 Å². The monoisotopic (exact) mass is 281 g/mol. The van der Waals surface area contributed by atoms with Gasteiger partial charge in [0.15, 0.2) is 17.9 Å². The molecule has 1 aromatic carbocycles. The van der Waals surface area contributed by atoms with Gasteiger partial charge in [0, 0.05) is 28.7 Å². The molecular weight excluding hydrogens is 264 g/mol.